The molecule has 2 N–H and O–H groups in total. The molecule has 0 aliphatic rings. The number of amides is 1. The van der Waals surface area contributed by atoms with Crippen molar-refractivity contribution >= 4 is 43.8 Å². The fraction of sp³-hybridized carbons (Fsp3) is 0.231. The van der Waals surface area contributed by atoms with Crippen molar-refractivity contribution in [2.75, 3.05) is 20.3 Å². The minimum absolute atomic E-state index is 0.0226. The van der Waals surface area contributed by atoms with Crippen molar-refractivity contribution in [1.29, 1.82) is 5.26 Å². The summed E-state index contributed by atoms with van der Waals surface area (Å²) in [5, 5.41) is 21.2. The molecule has 0 aromatic heterocycles. The first-order chi connectivity index (χ1) is 9.49. The third-order valence-electron chi connectivity index (χ3n) is 2.31. The van der Waals surface area contributed by atoms with E-state index in [0.29, 0.717) is 27.7 Å². The van der Waals surface area contributed by atoms with Crippen LogP contribution in [0.25, 0.3) is 6.08 Å². The van der Waals surface area contributed by atoms with Crippen LogP contribution in [0.15, 0.2) is 26.7 Å². The lowest BCUT2D eigenvalue weighted by Gasteiger charge is -2.05. The van der Waals surface area contributed by atoms with Crippen LogP contribution >= 0.6 is 31.9 Å². The van der Waals surface area contributed by atoms with Crippen LogP contribution in [0.1, 0.15) is 5.56 Å². The second kappa shape index (κ2) is 8.04. The van der Waals surface area contributed by atoms with E-state index in [1.165, 1.54) is 13.2 Å². The third kappa shape index (κ3) is 4.63. The Bertz CT molecular complexity index is 556. The number of benzene rings is 1. The molecule has 0 spiro atoms. The number of hydrogen-bond donors (Lipinski definition) is 2. The number of rotatable bonds is 5. The number of aromatic hydroxyl groups is 1. The highest BCUT2D eigenvalue weighted by Crippen LogP contribution is 2.33. The molecular formula is C13H12Br2N2O3. The molecule has 1 aromatic carbocycles. The van der Waals surface area contributed by atoms with Crippen molar-refractivity contribution in [2.24, 2.45) is 0 Å². The summed E-state index contributed by atoms with van der Waals surface area (Å²) in [6.45, 7) is 0.706. The van der Waals surface area contributed by atoms with Crippen LogP contribution in [-0.4, -0.2) is 31.3 Å². The molecule has 20 heavy (non-hydrogen) atoms. The van der Waals surface area contributed by atoms with Gasteiger partial charge in [-0.1, -0.05) is 0 Å². The number of nitrogens with zero attached hydrogens (tertiary/aromatic N) is 1. The molecule has 0 fully saturated rings. The van der Waals surface area contributed by atoms with Crippen LogP contribution in [-0.2, 0) is 9.53 Å². The highest BCUT2D eigenvalue weighted by atomic mass is 79.9. The van der Waals surface area contributed by atoms with E-state index in [0.717, 1.165) is 0 Å². The molecule has 7 heteroatoms. The molecule has 1 aromatic rings. The molecule has 0 saturated heterocycles. The Morgan fingerprint density at radius 3 is 2.60 bits per heavy atom. The summed E-state index contributed by atoms with van der Waals surface area (Å²) in [7, 11) is 1.53. The van der Waals surface area contributed by atoms with Crippen LogP contribution < -0.4 is 5.32 Å². The molecule has 106 valence electrons. The minimum atomic E-state index is -0.468. The lowest BCUT2D eigenvalue weighted by molar-refractivity contribution is -0.117. The van der Waals surface area contributed by atoms with Gasteiger partial charge in [0.1, 0.15) is 17.4 Å². The van der Waals surface area contributed by atoms with Gasteiger partial charge in [0.05, 0.1) is 15.6 Å². The number of carbonyl (C=O) groups is 1. The number of phenolic OH excluding ortho intramolecular Hbond substituents is 1. The van der Waals surface area contributed by atoms with Crippen LogP contribution in [0.2, 0.25) is 0 Å². The molecule has 0 heterocycles. The maximum atomic E-state index is 11.8. The summed E-state index contributed by atoms with van der Waals surface area (Å²) in [5.41, 5.74) is 0.589. The SMILES string of the molecule is COCCNC(=O)C(C#N)=Cc1cc(Br)c(O)c(Br)c1. The number of carbonyl (C=O) groups excluding carboxylic acids is 1. The Kier molecular flexibility index (Phi) is 6.71. The molecule has 0 aliphatic heterocycles. The van der Waals surface area contributed by atoms with Gasteiger partial charge >= 0.3 is 0 Å². The molecule has 1 rings (SSSR count). The van der Waals surface area contributed by atoms with Crippen molar-refractivity contribution in [1.82, 2.24) is 5.32 Å². The summed E-state index contributed by atoms with van der Waals surface area (Å²) in [4.78, 5) is 11.8. The zero-order chi connectivity index (χ0) is 15.1. The average molecular weight is 404 g/mol. The monoisotopic (exact) mass is 402 g/mol. The maximum Gasteiger partial charge on any atom is 0.262 e. The van der Waals surface area contributed by atoms with E-state index in [-0.39, 0.29) is 11.3 Å². The average Bonchev–Trinajstić information content (AvgIpc) is 2.42. The van der Waals surface area contributed by atoms with Gasteiger partial charge in [0.15, 0.2) is 0 Å². The summed E-state index contributed by atoms with van der Waals surface area (Å²) in [6.07, 6.45) is 1.44. The van der Waals surface area contributed by atoms with Crippen molar-refractivity contribution < 1.29 is 14.6 Å². The van der Waals surface area contributed by atoms with E-state index in [4.69, 9.17) is 10.00 Å². The molecule has 0 aliphatic carbocycles. The first-order valence-electron chi connectivity index (χ1n) is 5.56. The number of nitriles is 1. The van der Waals surface area contributed by atoms with Crippen LogP contribution in [0, 0.1) is 11.3 Å². The maximum absolute atomic E-state index is 11.8. The number of hydrogen-bond acceptors (Lipinski definition) is 4. The standard InChI is InChI=1S/C13H12Br2N2O3/c1-20-3-2-17-13(19)9(7-16)4-8-5-10(14)12(18)11(15)6-8/h4-6,18H,2-3H2,1H3,(H,17,19). The Labute approximate surface area is 133 Å². The highest BCUT2D eigenvalue weighted by molar-refractivity contribution is 9.11. The van der Waals surface area contributed by atoms with Crippen LogP contribution in [0.4, 0.5) is 0 Å². The van der Waals surface area contributed by atoms with Gasteiger partial charge in [0.25, 0.3) is 5.91 Å². The fourth-order valence-electron chi connectivity index (χ4n) is 1.35. The minimum Gasteiger partial charge on any atom is -0.506 e. The quantitative estimate of drug-likeness (QED) is 0.449. The topological polar surface area (TPSA) is 82.3 Å². The second-order valence-electron chi connectivity index (χ2n) is 3.75. The molecule has 0 unspecified atom stereocenters. The fourth-order valence-corrected chi connectivity index (χ4v) is 2.57. The summed E-state index contributed by atoms with van der Waals surface area (Å²) in [5.74, 6) is -0.407. The number of ether oxygens (including phenoxy) is 1. The molecule has 5 nitrogen and oxygen atoms in total. The van der Waals surface area contributed by atoms with E-state index in [9.17, 15) is 9.90 Å². The zero-order valence-corrected chi connectivity index (χ0v) is 13.8. The van der Waals surface area contributed by atoms with Crippen LogP contribution in [0.5, 0.6) is 5.75 Å². The molecule has 0 radical (unpaired) electrons. The van der Waals surface area contributed by atoms with Crippen molar-refractivity contribution in [3.63, 3.8) is 0 Å². The van der Waals surface area contributed by atoms with Gasteiger partial charge in [-0.3, -0.25) is 4.79 Å². The predicted octanol–water partition coefficient (Wildman–Crippen LogP) is 2.59. The van der Waals surface area contributed by atoms with Crippen molar-refractivity contribution in [3.8, 4) is 11.8 Å². The lowest BCUT2D eigenvalue weighted by Crippen LogP contribution is -2.27. The smallest absolute Gasteiger partial charge is 0.262 e. The van der Waals surface area contributed by atoms with Crippen molar-refractivity contribution in [2.45, 2.75) is 0 Å². The summed E-state index contributed by atoms with van der Waals surface area (Å²) >= 11 is 6.38. The lowest BCUT2D eigenvalue weighted by atomic mass is 10.1. The van der Waals surface area contributed by atoms with Crippen LogP contribution in [0.3, 0.4) is 0 Å². The Morgan fingerprint density at radius 1 is 1.50 bits per heavy atom. The molecule has 0 atom stereocenters. The Morgan fingerprint density at radius 2 is 2.10 bits per heavy atom. The Balaban J connectivity index is 2.95. The number of halogens is 2. The first-order valence-corrected chi connectivity index (χ1v) is 7.15. The number of methoxy groups -OCH3 is 1. The molecular weight excluding hydrogens is 392 g/mol. The summed E-state index contributed by atoms with van der Waals surface area (Å²) < 4.78 is 5.75. The summed E-state index contributed by atoms with van der Waals surface area (Å²) in [6, 6.07) is 5.07. The number of phenols is 1. The van der Waals surface area contributed by atoms with Gasteiger partial charge < -0.3 is 15.2 Å². The van der Waals surface area contributed by atoms with Crippen molar-refractivity contribution in [3.05, 3.63) is 32.2 Å². The molecule has 0 bridgehead atoms. The van der Waals surface area contributed by atoms with Gasteiger partial charge in [0.2, 0.25) is 0 Å². The van der Waals surface area contributed by atoms with Gasteiger partial charge in [-0.25, -0.2) is 0 Å². The third-order valence-corrected chi connectivity index (χ3v) is 3.52. The van der Waals surface area contributed by atoms with Gasteiger partial charge in [0, 0.05) is 13.7 Å². The largest absolute Gasteiger partial charge is 0.506 e. The highest BCUT2D eigenvalue weighted by Gasteiger charge is 2.10. The predicted molar refractivity (Wildman–Crippen MR) is 82.0 cm³/mol. The first kappa shape index (κ1) is 16.7. The van der Waals surface area contributed by atoms with Gasteiger partial charge in [-0.2, -0.15) is 5.26 Å². The van der Waals surface area contributed by atoms with E-state index >= 15 is 0 Å². The van der Waals surface area contributed by atoms with E-state index < -0.39 is 5.91 Å². The van der Waals surface area contributed by atoms with E-state index in [2.05, 4.69) is 37.2 Å². The zero-order valence-electron chi connectivity index (χ0n) is 10.6. The van der Waals surface area contributed by atoms with Gasteiger partial charge in [-0.15, -0.1) is 0 Å². The molecule has 1 amide bonds. The second-order valence-corrected chi connectivity index (χ2v) is 5.46. The Hall–Kier alpha value is -1.36. The van der Waals surface area contributed by atoms with E-state index in [1.54, 1.807) is 12.1 Å². The number of nitrogens with one attached hydrogen (secondary N) is 1. The van der Waals surface area contributed by atoms with E-state index in [1.807, 2.05) is 6.07 Å². The normalized spacial score (nSPS) is 11.0. The van der Waals surface area contributed by atoms with Gasteiger partial charge in [-0.05, 0) is 55.6 Å². The molecule has 0 saturated carbocycles.